The van der Waals surface area contributed by atoms with Gasteiger partial charge in [-0.1, -0.05) is 37.1 Å². The van der Waals surface area contributed by atoms with Gasteiger partial charge in [0.05, 0.1) is 25.4 Å². The molecule has 1 aromatic rings. The van der Waals surface area contributed by atoms with Crippen LogP contribution in [-0.4, -0.2) is 25.7 Å². The van der Waals surface area contributed by atoms with Crippen LogP contribution in [0.3, 0.4) is 0 Å². The zero-order valence-electron chi connectivity index (χ0n) is 13.5. The summed E-state index contributed by atoms with van der Waals surface area (Å²) < 4.78 is 11.3. The zero-order valence-corrected chi connectivity index (χ0v) is 14.2. The van der Waals surface area contributed by atoms with Gasteiger partial charge in [-0.2, -0.15) is 5.26 Å². The first-order chi connectivity index (χ1) is 11.6. The lowest BCUT2D eigenvalue weighted by molar-refractivity contribution is -0.120. The molecule has 0 aliphatic carbocycles. The highest BCUT2D eigenvalue weighted by atomic mass is 35.5. The molecule has 1 amide bonds. The summed E-state index contributed by atoms with van der Waals surface area (Å²) in [5.74, 6) is 0.0893. The van der Waals surface area contributed by atoms with Crippen LogP contribution in [0.15, 0.2) is 34.9 Å². The van der Waals surface area contributed by atoms with Crippen molar-refractivity contribution < 1.29 is 14.3 Å². The van der Waals surface area contributed by atoms with Gasteiger partial charge >= 0.3 is 0 Å². The van der Waals surface area contributed by atoms with Crippen molar-refractivity contribution in [3.05, 3.63) is 40.4 Å². The Balaban J connectivity index is 1.89. The molecular formula is C18H19ClN2O3. The number of unbranched alkanes of at least 4 members (excludes halogenated alkanes) is 1. The normalized spacial score (nSPS) is 25.9. The number of nitrogens with zero attached hydrogens (tertiary/aromatic N) is 1. The highest BCUT2D eigenvalue weighted by Crippen LogP contribution is 2.45. The molecule has 1 aromatic carbocycles. The van der Waals surface area contributed by atoms with E-state index >= 15 is 0 Å². The van der Waals surface area contributed by atoms with Gasteiger partial charge < -0.3 is 14.8 Å². The number of nitriles is 1. The van der Waals surface area contributed by atoms with Crippen molar-refractivity contribution in [2.45, 2.75) is 25.3 Å². The number of hydrogen-bond donors (Lipinski definition) is 1. The van der Waals surface area contributed by atoms with Crippen molar-refractivity contribution in [2.24, 2.45) is 5.92 Å². The maximum atomic E-state index is 12.2. The van der Waals surface area contributed by atoms with Crippen LogP contribution in [0, 0.1) is 17.2 Å². The van der Waals surface area contributed by atoms with Crippen LogP contribution in [0.4, 0.5) is 0 Å². The van der Waals surface area contributed by atoms with Crippen LogP contribution < -0.4 is 10.1 Å². The van der Waals surface area contributed by atoms with Crippen LogP contribution in [0.5, 0.6) is 5.75 Å². The fourth-order valence-electron chi connectivity index (χ4n) is 3.18. The monoisotopic (exact) mass is 346 g/mol. The molecule has 1 fully saturated rings. The molecule has 0 radical (unpaired) electrons. The number of benzene rings is 1. The third kappa shape index (κ3) is 2.77. The van der Waals surface area contributed by atoms with E-state index in [-0.39, 0.29) is 16.5 Å². The molecule has 1 N–H and O–H groups in total. The first-order valence-electron chi connectivity index (χ1n) is 8.05. The van der Waals surface area contributed by atoms with Gasteiger partial charge in [0.1, 0.15) is 17.4 Å². The van der Waals surface area contributed by atoms with E-state index in [1.807, 2.05) is 30.3 Å². The first-order valence-corrected chi connectivity index (χ1v) is 8.43. The van der Waals surface area contributed by atoms with Gasteiger partial charge in [-0.15, -0.1) is 0 Å². The summed E-state index contributed by atoms with van der Waals surface area (Å²) in [6.45, 7) is 3.50. The van der Waals surface area contributed by atoms with Crippen molar-refractivity contribution in [1.29, 1.82) is 5.26 Å². The maximum Gasteiger partial charge on any atom is 0.263 e. The van der Waals surface area contributed by atoms with E-state index < -0.39 is 11.4 Å². The Morgan fingerprint density at radius 3 is 2.88 bits per heavy atom. The van der Waals surface area contributed by atoms with Crippen LogP contribution in [0.1, 0.15) is 25.3 Å². The number of ether oxygens (including phenoxy) is 2. The number of hydrogen-bond acceptors (Lipinski definition) is 4. The lowest BCUT2D eigenvalue weighted by Crippen LogP contribution is -2.54. The van der Waals surface area contributed by atoms with Crippen LogP contribution in [-0.2, 0) is 15.1 Å². The molecule has 24 heavy (non-hydrogen) atoms. The van der Waals surface area contributed by atoms with E-state index in [9.17, 15) is 4.79 Å². The Kier molecular flexibility index (Phi) is 4.79. The number of amides is 1. The number of fused-ring (bicyclic) bond motifs is 1. The standard InChI is InChI=1S/C18H19ClN2O3/c1-2-3-8-24-13-6-4-12(5-7-13)18-11-23-10-15(18)16(19)14(9-20)17(22)21-18/h4-7,15H,2-3,8,10-11H2,1H3,(H,21,22)/t15-,18+/m0/s1. The van der Waals surface area contributed by atoms with Crippen molar-refractivity contribution in [1.82, 2.24) is 5.32 Å². The molecule has 2 atom stereocenters. The molecule has 126 valence electrons. The van der Waals surface area contributed by atoms with Crippen LogP contribution >= 0.6 is 11.6 Å². The van der Waals surface area contributed by atoms with Crippen molar-refractivity contribution in [3.8, 4) is 11.8 Å². The van der Waals surface area contributed by atoms with Crippen LogP contribution in [0.2, 0.25) is 0 Å². The average molecular weight is 347 g/mol. The predicted molar refractivity (Wildman–Crippen MR) is 89.5 cm³/mol. The molecule has 0 unspecified atom stereocenters. The topological polar surface area (TPSA) is 71.3 Å². The molecule has 6 heteroatoms. The van der Waals surface area contributed by atoms with Crippen molar-refractivity contribution >= 4 is 17.5 Å². The minimum absolute atomic E-state index is 0.0256. The van der Waals surface area contributed by atoms with Gasteiger partial charge in [-0.05, 0) is 24.1 Å². The van der Waals surface area contributed by atoms with E-state index in [4.69, 9.17) is 26.3 Å². The van der Waals surface area contributed by atoms with Gasteiger partial charge in [-0.25, -0.2) is 0 Å². The molecule has 0 aromatic heterocycles. The zero-order chi connectivity index (χ0) is 17.2. The lowest BCUT2D eigenvalue weighted by Gasteiger charge is -2.38. The van der Waals surface area contributed by atoms with Crippen molar-refractivity contribution in [3.63, 3.8) is 0 Å². The summed E-state index contributed by atoms with van der Waals surface area (Å²) >= 11 is 6.33. The number of nitrogens with one attached hydrogen (secondary N) is 1. The average Bonchev–Trinajstić information content (AvgIpc) is 3.01. The largest absolute Gasteiger partial charge is 0.494 e. The molecule has 0 bridgehead atoms. The van der Waals surface area contributed by atoms with Gasteiger partial charge in [-0.3, -0.25) is 4.79 Å². The second kappa shape index (κ2) is 6.84. The highest BCUT2D eigenvalue weighted by Gasteiger charge is 2.52. The smallest absolute Gasteiger partial charge is 0.263 e. The molecule has 3 rings (SSSR count). The minimum atomic E-state index is -0.726. The van der Waals surface area contributed by atoms with Crippen LogP contribution in [0.25, 0.3) is 0 Å². The fourth-order valence-corrected chi connectivity index (χ4v) is 3.56. The van der Waals surface area contributed by atoms with Gasteiger partial charge in [0, 0.05) is 11.0 Å². The quantitative estimate of drug-likeness (QED) is 0.832. The van der Waals surface area contributed by atoms with E-state index in [0.717, 1.165) is 24.2 Å². The molecule has 2 aliphatic heterocycles. The Bertz CT molecular complexity index is 708. The summed E-state index contributed by atoms with van der Waals surface area (Å²) in [6.07, 6.45) is 2.09. The van der Waals surface area contributed by atoms with Crippen molar-refractivity contribution in [2.75, 3.05) is 19.8 Å². The fraction of sp³-hybridized carbons (Fsp3) is 0.444. The second-order valence-corrected chi connectivity index (χ2v) is 6.46. The summed E-state index contributed by atoms with van der Waals surface area (Å²) in [6, 6.07) is 9.50. The molecular weight excluding hydrogens is 328 g/mol. The van der Waals surface area contributed by atoms with E-state index in [2.05, 4.69) is 12.2 Å². The number of halogens is 1. The van der Waals surface area contributed by atoms with Gasteiger partial charge in [0.15, 0.2) is 0 Å². The summed E-state index contributed by atoms with van der Waals surface area (Å²) in [7, 11) is 0. The molecule has 1 saturated heterocycles. The minimum Gasteiger partial charge on any atom is -0.494 e. The van der Waals surface area contributed by atoms with Gasteiger partial charge in [0.2, 0.25) is 0 Å². The number of carbonyl (C=O) groups excluding carboxylic acids is 1. The van der Waals surface area contributed by atoms with E-state index in [0.29, 0.717) is 19.8 Å². The third-order valence-electron chi connectivity index (χ3n) is 4.57. The highest BCUT2D eigenvalue weighted by molar-refractivity contribution is 6.33. The number of carbonyl (C=O) groups is 1. The Morgan fingerprint density at radius 1 is 1.46 bits per heavy atom. The second-order valence-electron chi connectivity index (χ2n) is 6.05. The Labute approximate surface area is 146 Å². The molecule has 0 spiro atoms. The maximum absolute atomic E-state index is 12.2. The van der Waals surface area contributed by atoms with E-state index in [1.54, 1.807) is 0 Å². The van der Waals surface area contributed by atoms with Gasteiger partial charge in [0.25, 0.3) is 5.91 Å². The summed E-state index contributed by atoms with van der Waals surface area (Å²) in [5, 5.41) is 12.4. The molecule has 0 saturated carbocycles. The Hall–Kier alpha value is -2.03. The lowest BCUT2D eigenvalue weighted by atomic mass is 9.77. The SMILES string of the molecule is CCCCOc1ccc([C@]23COC[C@H]2C(Cl)=C(C#N)C(=O)N3)cc1. The number of rotatable bonds is 5. The summed E-state index contributed by atoms with van der Waals surface area (Å²) in [4.78, 5) is 12.2. The van der Waals surface area contributed by atoms with E-state index in [1.165, 1.54) is 0 Å². The summed E-state index contributed by atoms with van der Waals surface area (Å²) in [5.41, 5.74) is 0.148. The Morgan fingerprint density at radius 2 is 2.21 bits per heavy atom. The predicted octanol–water partition coefficient (Wildman–Crippen LogP) is 2.85. The molecule has 2 heterocycles. The third-order valence-corrected chi connectivity index (χ3v) is 5.02. The molecule has 5 nitrogen and oxygen atoms in total. The first kappa shape index (κ1) is 16.8. The molecule has 2 aliphatic rings.